The maximum absolute atomic E-state index is 13.1. The molecule has 1 aromatic carbocycles. The maximum atomic E-state index is 13.1. The Kier molecular flexibility index (Phi) is 8.28. The lowest BCUT2D eigenvalue weighted by Gasteiger charge is -2.35. The fourth-order valence-electron chi connectivity index (χ4n) is 4.58. The molecule has 200 valence electrons. The van der Waals surface area contributed by atoms with Gasteiger partial charge in [-0.2, -0.15) is 0 Å². The van der Waals surface area contributed by atoms with E-state index >= 15 is 0 Å². The summed E-state index contributed by atoms with van der Waals surface area (Å²) in [6, 6.07) is 3.85. The highest BCUT2D eigenvalue weighted by atomic mass is 79.9. The number of piperidine rings is 1. The number of hydrogen-bond acceptors (Lipinski definition) is 10. The minimum atomic E-state index is -3.22. The normalized spacial score (nSPS) is 16.6. The molecule has 0 saturated carbocycles. The Morgan fingerprint density at radius 1 is 1.16 bits per heavy atom. The van der Waals surface area contributed by atoms with Crippen LogP contribution in [0.4, 0.5) is 5.82 Å². The van der Waals surface area contributed by atoms with Crippen LogP contribution in [0.3, 0.4) is 0 Å². The van der Waals surface area contributed by atoms with E-state index < -0.39 is 7.75 Å². The number of nitrogens with two attached hydrogens (primary N) is 1. The van der Waals surface area contributed by atoms with Gasteiger partial charge in [0.15, 0.2) is 33.6 Å². The number of hydrogen-bond donors (Lipinski definition) is 1. The SMILES string of the molecule is CCOP(=O)(OCC)N1CCC(CCn2c(Sc3cc4c(cc3Br)OCO4)nc3c(N)ncnc32)CC1. The molecule has 5 rings (SSSR count). The van der Waals surface area contributed by atoms with Crippen LogP contribution >= 0.6 is 35.4 Å². The van der Waals surface area contributed by atoms with E-state index in [2.05, 4.69) is 30.5 Å². The number of nitrogen functional groups attached to an aromatic ring is 1. The molecule has 0 radical (unpaired) electrons. The van der Waals surface area contributed by atoms with Crippen LogP contribution < -0.4 is 15.2 Å². The molecule has 0 amide bonds. The van der Waals surface area contributed by atoms with Gasteiger partial charge < -0.3 is 19.8 Å². The average molecular weight is 613 g/mol. The summed E-state index contributed by atoms with van der Waals surface area (Å²) < 4.78 is 40.1. The monoisotopic (exact) mass is 612 g/mol. The van der Waals surface area contributed by atoms with Gasteiger partial charge in [0.2, 0.25) is 6.79 Å². The standard InChI is InChI=1S/C23H30BrN6O5PS/c1-3-34-36(31,35-4-2)29-8-5-15(6-9-29)7-10-30-22-20(21(25)26-13-27-22)28-23(30)37-19-12-18-17(11-16(19)24)32-14-33-18/h11-13,15H,3-10,14H2,1-2H3,(H2,25,26,27). The van der Waals surface area contributed by atoms with Crippen molar-refractivity contribution in [3.8, 4) is 11.5 Å². The van der Waals surface area contributed by atoms with E-state index in [1.54, 1.807) is 0 Å². The van der Waals surface area contributed by atoms with E-state index in [0.29, 0.717) is 60.7 Å². The summed E-state index contributed by atoms with van der Waals surface area (Å²) >= 11 is 5.15. The predicted molar refractivity (Wildman–Crippen MR) is 144 cm³/mol. The van der Waals surface area contributed by atoms with Gasteiger partial charge in [0, 0.05) is 29.0 Å². The lowest BCUT2D eigenvalue weighted by molar-refractivity contribution is 0.144. The van der Waals surface area contributed by atoms with Gasteiger partial charge in [-0.05, 0) is 67.1 Å². The molecule has 2 N–H and O–H groups in total. The Hall–Kier alpha value is -1.89. The second kappa shape index (κ2) is 11.5. The van der Waals surface area contributed by atoms with Crippen LogP contribution in [-0.4, -0.2) is 57.3 Å². The first kappa shape index (κ1) is 26.7. The minimum Gasteiger partial charge on any atom is -0.454 e. The topological polar surface area (TPSA) is 127 Å². The lowest BCUT2D eigenvalue weighted by atomic mass is 9.95. The highest BCUT2D eigenvalue weighted by Gasteiger charge is 2.36. The molecule has 11 nitrogen and oxygen atoms in total. The van der Waals surface area contributed by atoms with Crippen LogP contribution in [0.5, 0.6) is 11.5 Å². The van der Waals surface area contributed by atoms with Crippen molar-refractivity contribution in [2.45, 2.75) is 49.7 Å². The van der Waals surface area contributed by atoms with Crippen LogP contribution in [0.1, 0.15) is 33.1 Å². The highest BCUT2D eigenvalue weighted by Crippen LogP contribution is 2.53. The highest BCUT2D eigenvalue weighted by molar-refractivity contribution is 9.10. The number of anilines is 1. The van der Waals surface area contributed by atoms with Crippen molar-refractivity contribution < 1.29 is 23.1 Å². The summed E-state index contributed by atoms with van der Waals surface area (Å²) in [5, 5.41) is 0.774. The third kappa shape index (κ3) is 5.62. The number of halogens is 1. The number of aryl methyl sites for hydroxylation is 1. The predicted octanol–water partition coefficient (Wildman–Crippen LogP) is 5.33. The summed E-state index contributed by atoms with van der Waals surface area (Å²) in [6.45, 7) is 6.66. The van der Waals surface area contributed by atoms with Crippen molar-refractivity contribution >= 4 is 52.4 Å². The maximum Gasteiger partial charge on any atom is 0.408 e. The molecule has 0 aliphatic carbocycles. The Morgan fingerprint density at radius 3 is 2.57 bits per heavy atom. The van der Waals surface area contributed by atoms with E-state index in [1.807, 2.05) is 30.7 Å². The molecule has 37 heavy (non-hydrogen) atoms. The van der Waals surface area contributed by atoms with Crippen molar-refractivity contribution in [2.75, 3.05) is 38.8 Å². The smallest absolute Gasteiger partial charge is 0.408 e. The molecular weight excluding hydrogens is 583 g/mol. The largest absolute Gasteiger partial charge is 0.454 e. The molecule has 2 aromatic heterocycles. The van der Waals surface area contributed by atoms with E-state index in [9.17, 15) is 4.57 Å². The zero-order chi connectivity index (χ0) is 26.0. The van der Waals surface area contributed by atoms with Crippen LogP contribution in [0.2, 0.25) is 0 Å². The van der Waals surface area contributed by atoms with E-state index in [0.717, 1.165) is 40.3 Å². The third-order valence-electron chi connectivity index (χ3n) is 6.44. The molecule has 3 aromatic rings. The quantitative estimate of drug-likeness (QED) is 0.298. The van der Waals surface area contributed by atoms with Crippen molar-refractivity contribution in [1.82, 2.24) is 24.2 Å². The summed E-state index contributed by atoms with van der Waals surface area (Å²) in [4.78, 5) is 14.4. The van der Waals surface area contributed by atoms with Crippen molar-refractivity contribution in [2.24, 2.45) is 5.92 Å². The fourth-order valence-corrected chi connectivity index (χ4v) is 7.86. The molecule has 14 heteroatoms. The van der Waals surface area contributed by atoms with Crippen molar-refractivity contribution in [3.05, 3.63) is 22.9 Å². The Balaban J connectivity index is 1.32. The van der Waals surface area contributed by atoms with Gasteiger partial charge in [-0.15, -0.1) is 0 Å². The van der Waals surface area contributed by atoms with Crippen molar-refractivity contribution in [3.63, 3.8) is 0 Å². The molecule has 1 saturated heterocycles. The molecule has 0 bridgehead atoms. The number of ether oxygens (including phenoxy) is 2. The zero-order valence-electron chi connectivity index (χ0n) is 20.8. The first-order valence-electron chi connectivity index (χ1n) is 12.3. The van der Waals surface area contributed by atoms with Crippen LogP contribution in [0.15, 0.2) is 33.0 Å². The summed E-state index contributed by atoms with van der Waals surface area (Å²) in [5.74, 6) is 2.23. The summed E-state index contributed by atoms with van der Waals surface area (Å²) in [6.07, 6.45) is 4.21. The number of imidazole rings is 1. The number of benzene rings is 1. The number of nitrogens with zero attached hydrogens (tertiary/aromatic N) is 5. The second-order valence-corrected chi connectivity index (χ2v) is 12.6. The van der Waals surface area contributed by atoms with Gasteiger partial charge in [-0.1, -0.05) is 11.8 Å². The van der Waals surface area contributed by atoms with Crippen LogP contribution in [0, 0.1) is 5.92 Å². The first-order valence-corrected chi connectivity index (χ1v) is 15.4. The Bertz CT molecular complexity index is 1310. The zero-order valence-corrected chi connectivity index (χ0v) is 24.1. The fraction of sp³-hybridized carbons (Fsp3) is 0.522. The molecule has 2 aliphatic rings. The van der Waals surface area contributed by atoms with Gasteiger partial charge >= 0.3 is 7.75 Å². The van der Waals surface area contributed by atoms with Crippen LogP contribution in [-0.2, 0) is 20.2 Å². The van der Waals surface area contributed by atoms with Crippen LogP contribution in [0.25, 0.3) is 11.2 Å². The molecule has 0 spiro atoms. The van der Waals surface area contributed by atoms with Gasteiger partial charge in [0.05, 0.1) is 13.2 Å². The molecular formula is C23H30BrN6O5PS. The molecule has 0 atom stereocenters. The average Bonchev–Trinajstić information content (AvgIpc) is 3.48. The molecule has 0 unspecified atom stereocenters. The Labute approximate surface area is 228 Å². The van der Waals surface area contributed by atoms with Crippen molar-refractivity contribution in [1.29, 1.82) is 0 Å². The first-order chi connectivity index (χ1) is 17.9. The molecule has 2 aliphatic heterocycles. The van der Waals surface area contributed by atoms with E-state index in [-0.39, 0.29) is 6.79 Å². The van der Waals surface area contributed by atoms with Gasteiger partial charge in [-0.3, -0.25) is 9.05 Å². The lowest BCUT2D eigenvalue weighted by Crippen LogP contribution is -2.33. The van der Waals surface area contributed by atoms with E-state index in [1.165, 1.54) is 18.1 Å². The molecule has 1 fully saturated rings. The summed E-state index contributed by atoms with van der Waals surface area (Å²) in [5.41, 5.74) is 7.44. The van der Waals surface area contributed by atoms with Gasteiger partial charge in [-0.25, -0.2) is 24.2 Å². The number of rotatable bonds is 10. The minimum absolute atomic E-state index is 0.212. The number of fused-ring (bicyclic) bond motifs is 2. The third-order valence-corrected chi connectivity index (χ3v) is 10.7. The second-order valence-electron chi connectivity index (χ2n) is 8.70. The van der Waals surface area contributed by atoms with Gasteiger partial charge in [0.25, 0.3) is 0 Å². The molecule has 4 heterocycles. The van der Waals surface area contributed by atoms with E-state index in [4.69, 9.17) is 29.2 Å². The number of aromatic nitrogens is 4. The summed E-state index contributed by atoms with van der Waals surface area (Å²) in [7, 11) is -3.22. The Morgan fingerprint density at radius 2 is 1.86 bits per heavy atom. The van der Waals surface area contributed by atoms with Gasteiger partial charge in [0.1, 0.15) is 6.33 Å².